The molecule has 2 aromatic rings. The molecule has 2 rings (SSSR count). The first kappa shape index (κ1) is 15.9. The van der Waals surface area contributed by atoms with Gasteiger partial charge in [-0.1, -0.05) is 6.07 Å². The summed E-state index contributed by atoms with van der Waals surface area (Å²) in [5.74, 6) is -0.303. The first-order valence-corrected chi connectivity index (χ1v) is 4.43. The third-order valence-electron chi connectivity index (χ3n) is 1.56. The van der Waals surface area contributed by atoms with E-state index in [9.17, 15) is 14.5 Å². The van der Waals surface area contributed by atoms with Crippen LogP contribution in [-0.2, 0) is 32.7 Å². The molecule has 0 atom stereocenters. The first-order chi connectivity index (χ1) is 7.70. The molecule has 0 bridgehead atoms. The summed E-state index contributed by atoms with van der Waals surface area (Å²) in [5, 5.41) is 9.98. The van der Waals surface area contributed by atoms with Gasteiger partial charge in [0.15, 0.2) is 5.69 Å². The van der Waals surface area contributed by atoms with Crippen molar-refractivity contribution < 1.29 is 42.0 Å². The maximum atomic E-state index is 11.9. The number of rotatable bonds is 1. The summed E-state index contributed by atoms with van der Waals surface area (Å²) < 4.78 is 11.9. The van der Waals surface area contributed by atoms with Gasteiger partial charge in [-0.3, -0.25) is 10.1 Å². The molecular formula is C12H8FNO2Y-2. The first-order valence-electron chi connectivity index (χ1n) is 4.43. The summed E-state index contributed by atoms with van der Waals surface area (Å²) in [6.45, 7) is 0. The Kier molecular flexibility index (Phi) is 8.37. The number of benzene rings is 2. The molecule has 0 fully saturated rings. The van der Waals surface area contributed by atoms with Crippen molar-refractivity contribution in [3.63, 3.8) is 0 Å². The normalized spacial score (nSPS) is 8.29. The fourth-order valence-electron chi connectivity index (χ4n) is 0.869. The molecule has 0 saturated carbocycles. The minimum atomic E-state index is -0.472. The van der Waals surface area contributed by atoms with Crippen LogP contribution in [0.2, 0.25) is 0 Å². The third-order valence-corrected chi connectivity index (χ3v) is 1.56. The average Bonchev–Trinajstić information content (AvgIpc) is 2.32. The van der Waals surface area contributed by atoms with Crippen LogP contribution in [0.25, 0.3) is 0 Å². The van der Waals surface area contributed by atoms with Crippen LogP contribution < -0.4 is 0 Å². The Morgan fingerprint density at radius 2 is 1.65 bits per heavy atom. The Morgan fingerprint density at radius 1 is 1.06 bits per heavy atom. The van der Waals surface area contributed by atoms with Gasteiger partial charge in [0.2, 0.25) is 0 Å². The van der Waals surface area contributed by atoms with E-state index in [1.165, 1.54) is 24.3 Å². The second-order valence-corrected chi connectivity index (χ2v) is 2.72. The van der Waals surface area contributed by atoms with E-state index in [4.69, 9.17) is 0 Å². The molecule has 17 heavy (non-hydrogen) atoms. The Morgan fingerprint density at radius 3 is 1.88 bits per heavy atom. The molecule has 85 valence electrons. The zero-order valence-electron chi connectivity index (χ0n) is 8.84. The van der Waals surface area contributed by atoms with Gasteiger partial charge in [0.05, 0.1) is 0 Å². The zero-order chi connectivity index (χ0) is 11.8. The third kappa shape index (κ3) is 6.92. The number of para-hydroxylation sites is 1. The van der Waals surface area contributed by atoms with E-state index in [0.717, 1.165) is 0 Å². The van der Waals surface area contributed by atoms with Gasteiger partial charge < -0.3 is 0 Å². The molecule has 0 saturated heterocycles. The predicted octanol–water partition coefficient (Wildman–Crippen LogP) is 3.02. The van der Waals surface area contributed by atoms with Crippen molar-refractivity contribution in [2.24, 2.45) is 0 Å². The number of nitrogens with zero attached hydrogens (tertiary/aromatic N) is 1. The van der Waals surface area contributed by atoms with Crippen LogP contribution in [0.5, 0.6) is 0 Å². The number of hydrogen-bond donors (Lipinski definition) is 0. The maximum absolute atomic E-state index is 11.9. The minimum absolute atomic E-state index is 0. The van der Waals surface area contributed by atoms with Crippen LogP contribution in [0.1, 0.15) is 0 Å². The van der Waals surface area contributed by atoms with Gasteiger partial charge in [0.1, 0.15) is 0 Å². The number of nitro groups is 1. The van der Waals surface area contributed by atoms with Gasteiger partial charge >= 0.3 is 0 Å². The van der Waals surface area contributed by atoms with Crippen LogP contribution in [0, 0.1) is 28.1 Å². The second kappa shape index (κ2) is 8.96. The molecule has 5 heteroatoms. The molecule has 0 aromatic heterocycles. The average molecular weight is 306 g/mol. The van der Waals surface area contributed by atoms with Crippen molar-refractivity contribution in [3.8, 4) is 0 Å². The van der Waals surface area contributed by atoms with E-state index >= 15 is 0 Å². The van der Waals surface area contributed by atoms with Crippen LogP contribution in [0.4, 0.5) is 10.1 Å². The quantitative estimate of drug-likeness (QED) is 0.462. The summed E-state index contributed by atoms with van der Waals surface area (Å²) in [6.07, 6.45) is 0. The van der Waals surface area contributed by atoms with Gasteiger partial charge in [0, 0.05) is 43.4 Å². The predicted molar refractivity (Wildman–Crippen MR) is 57.2 cm³/mol. The molecule has 0 unspecified atom stereocenters. The monoisotopic (exact) mass is 306 g/mol. The van der Waals surface area contributed by atoms with Crippen LogP contribution in [0.3, 0.4) is 0 Å². The Hall–Kier alpha value is -1.13. The maximum Gasteiger partial charge on any atom is 0.162 e. The molecule has 3 nitrogen and oxygen atoms in total. The van der Waals surface area contributed by atoms with Gasteiger partial charge in [0.25, 0.3) is 0 Å². The van der Waals surface area contributed by atoms with E-state index in [0.29, 0.717) is 0 Å². The molecule has 0 aliphatic carbocycles. The van der Waals surface area contributed by atoms with Gasteiger partial charge in [-0.05, 0) is 0 Å². The molecule has 0 spiro atoms. The Balaban J connectivity index is 0.000000292. The van der Waals surface area contributed by atoms with E-state index in [1.54, 1.807) is 24.3 Å². The zero-order valence-corrected chi connectivity index (χ0v) is 11.7. The second-order valence-electron chi connectivity index (χ2n) is 2.72. The van der Waals surface area contributed by atoms with Crippen molar-refractivity contribution in [2.75, 3.05) is 0 Å². The SMILES string of the molecule is Fc1[c-]cccc1.O=[N+]([O-])c1[c-]cccc1.[Y]. The molecule has 1 radical (unpaired) electrons. The van der Waals surface area contributed by atoms with E-state index in [-0.39, 0.29) is 44.2 Å². The molecular weight excluding hydrogens is 298 g/mol. The largest absolute Gasteiger partial charge is 0.260 e. The van der Waals surface area contributed by atoms with Crippen LogP contribution >= 0.6 is 0 Å². The van der Waals surface area contributed by atoms with Crippen molar-refractivity contribution in [1.82, 2.24) is 0 Å². The van der Waals surface area contributed by atoms with Crippen molar-refractivity contribution in [3.05, 3.63) is 76.6 Å². The number of halogens is 1. The van der Waals surface area contributed by atoms with Crippen molar-refractivity contribution in [2.45, 2.75) is 0 Å². The Bertz CT molecular complexity index is 437. The molecule has 0 aliphatic heterocycles. The van der Waals surface area contributed by atoms with E-state index < -0.39 is 4.92 Å². The van der Waals surface area contributed by atoms with Crippen LogP contribution in [-0.4, -0.2) is 4.92 Å². The number of nitro benzene ring substituents is 1. The topological polar surface area (TPSA) is 43.1 Å². The van der Waals surface area contributed by atoms with Gasteiger partial charge in [-0.15, -0.1) is 18.2 Å². The van der Waals surface area contributed by atoms with Gasteiger partial charge in [-0.2, -0.15) is 36.4 Å². The fourth-order valence-corrected chi connectivity index (χ4v) is 0.869. The van der Waals surface area contributed by atoms with Gasteiger partial charge in [-0.25, -0.2) is 4.39 Å². The molecule has 0 amide bonds. The number of non-ortho nitro benzene ring substituents is 1. The Labute approximate surface area is 124 Å². The number of hydrogen-bond acceptors (Lipinski definition) is 2. The van der Waals surface area contributed by atoms with Crippen molar-refractivity contribution in [1.29, 1.82) is 0 Å². The summed E-state index contributed by atoms with van der Waals surface area (Å²) in [4.78, 5) is 9.50. The minimum Gasteiger partial charge on any atom is -0.260 e. The molecule has 0 aliphatic rings. The van der Waals surface area contributed by atoms with Crippen molar-refractivity contribution >= 4 is 5.69 Å². The van der Waals surface area contributed by atoms with E-state index in [1.807, 2.05) is 0 Å². The van der Waals surface area contributed by atoms with E-state index in [2.05, 4.69) is 12.1 Å². The fraction of sp³-hybridized carbons (Fsp3) is 0. The molecule has 0 N–H and O–H groups in total. The molecule has 0 heterocycles. The molecule has 2 aromatic carbocycles. The summed E-state index contributed by atoms with van der Waals surface area (Å²) in [6, 6.07) is 17.3. The smallest absolute Gasteiger partial charge is 0.162 e. The standard InChI is InChI=1S/C6H4F.C6H4NO2.Y/c7-6-4-2-1-3-5-6;8-7(9)6-4-2-1-3-5-6;/h1-4H;1-4H;/q2*-1;. The summed E-state index contributed by atoms with van der Waals surface area (Å²) >= 11 is 0. The summed E-state index contributed by atoms with van der Waals surface area (Å²) in [7, 11) is 0. The summed E-state index contributed by atoms with van der Waals surface area (Å²) in [5.41, 5.74) is 0.0116. The van der Waals surface area contributed by atoms with Crippen LogP contribution in [0.15, 0.2) is 48.5 Å².